The maximum atomic E-state index is 12.7. The fourth-order valence-electron chi connectivity index (χ4n) is 3.20. The Morgan fingerprint density at radius 3 is 2.35 bits per heavy atom. The van der Waals surface area contributed by atoms with E-state index < -0.39 is 5.92 Å². The van der Waals surface area contributed by atoms with Gasteiger partial charge < -0.3 is 4.74 Å². The molecule has 0 aromatic heterocycles. The molecule has 3 heteroatoms. The lowest BCUT2D eigenvalue weighted by atomic mass is 9.82. The first-order valence-electron chi connectivity index (χ1n) is 7.96. The molecule has 0 unspecified atom stereocenters. The van der Waals surface area contributed by atoms with Crippen molar-refractivity contribution in [1.82, 2.24) is 0 Å². The number of esters is 1. The summed E-state index contributed by atoms with van der Waals surface area (Å²) in [6.07, 6.45) is 0.354. The van der Waals surface area contributed by atoms with Crippen molar-refractivity contribution in [2.24, 2.45) is 5.92 Å². The zero-order valence-electron chi connectivity index (χ0n) is 13.1. The lowest BCUT2D eigenvalue weighted by Gasteiger charge is -2.17. The zero-order valence-corrected chi connectivity index (χ0v) is 13.1. The van der Waals surface area contributed by atoms with Gasteiger partial charge in [-0.05, 0) is 17.0 Å². The minimum atomic E-state index is -0.677. The van der Waals surface area contributed by atoms with E-state index in [4.69, 9.17) is 4.74 Å². The van der Waals surface area contributed by atoms with Gasteiger partial charge >= 0.3 is 5.97 Å². The highest BCUT2D eigenvalue weighted by molar-refractivity contribution is 6.01. The summed E-state index contributed by atoms with van der Waals surface area (Å²) in [6.45, 7) is 2.31. The molecular formula is C20H20O3. The van der Waals surface area contributed by atoms with Crippen LogP contribution in [0.25, 0.3) is 0 Å². The summed E-state index contributed by atoms with van der Waals surface area (Å²) in [4.78, 5) is 24.8. The van der Waals surface area contributed by atoms with Crippen molar-refractivity contribution in [2.75, 3.05) is 6.61 Å². The number of hydrogen-bond donors (Lipinski definition) is 0. The maximum absolute atomic E-state index is 12.7. The van der Waals surface area contributed by atoms with E-state index in [2.05, 4.69) is 0 Å². The van der Waals surface area contributed by atoms with Gasteiger partial charge in [0.25, 0.3) is 0 Å². The fourth-order valence-corrected chi connectivity index (χ4v) is 3.20. The summed E-state index contributed by atoms with van der Waals surface area (Å²) in [5.41, 5.74) is 2.10. The molecule has 0 N–H and O–H groups in total. The van der Waals surface area contributed by atoms with Crippen LogP contribution in [0.4, 0.5) is 0 Å². The Labute approximate surface area is 136 Å². The SMILES string of the molecule is C[C@@H](CC(=O)[C@H]1C(=O)OC[C@H]1c1ccccc1)c1ccccc1. The normalized spacial score (nSPS) is 21.7. The molecule has 0 bridgehead atoms. The van der Waals surface area contributed by atoms with Crippen LogP contribution in [0.2, 0.25) is 0 Å². The molecule has 3 atom stereocenters. The molecule has 23 heavy (non-hydrogen) atoms. The Balaban J connectivity index is 1.76. The van der Waals surface area contributed by atoms with Crippen molar-refractivity contribution < 1.29 is 14.3 Å². The highest BCUT2D eigenvalue weighted by Crippen LogP contribution is 2.34. The van der Waals surface area contributed by atoms with E-state index in [1.54, 1.807) is 0 Å². The number of hydrogen-bond acceptors (Lipinski definition) is 3. The molecule has 2 aromatic carbocycles. The molecule has 3 rings (SSSR count). The number of Topliss-reactive ketones (excluding diaryl/α,β-unsaturated/α-hetero) is 1. The molecule has 1 saturated heterocycles. The molecule has 1 aliphatic heterocycles. The third-order valence-electron chi connectivity index (χ3n) is 4.51. The summed E-state index contributed by atoms with van der Waals surface area (Å²) in [7, 11) is 0. The van der Waals surface area contributed by atoms with Crippen LogP contribution in [0.15, 0.2) is 60.7 Å². The molecule has 0 radical (unpaired) electrons. The molecular weight excluding hydrogens is 288 g/mol. The lowest BCUT2D eigenvalue weighted by Crippen LogP contribution is -2.25. The van der Waals surface area contributed by atoms with Gasteiger partial charge in [-0.3, -0.25) is 9.59 Å². The first kappa shape index (κ1) is 15.5. The Bertz CT molecular complexity index is 679. The first-order valence-corrected chi connectivity index (χ1v) is 7.96. The van der Waals surface area contributed by atoms with Gasteiger partial charge in [-0.2, -0.15) is 0 Å². The molecule has 118 valence electrons. The number of ether oxygens (including phenoxy) is 1. The second-order valence-corrected chi connectivity index (χ2v) is 6.11. The quantitative estimate of drug-likeness (QED) is 0.625. The van der Waals surface area contributed by atoms with Crippen LogP contribution < -0.4 is 0 Å². The fraction of sp³-hybridized carbons (Fsp3) is 0.300. The molecule has 1 fully saturated rings. The Morgan fingerprint density at radius 2 is 1.70 bits per heavy atom. The van der Waals surface area contributed by atoms with Crippen LogP contribution in [-0.4, -0.2) is 18.4 Å². The van der Waals surface area contributed by atoms with Crippen molar-refractivity contribution in [3.05, 3.63) is 71.8 Å². The molecule has 0 spiro atoms. The van der Waals surface area contributed by atoms with Crippen molar-refractivity contribution in [2.45, 2.75) is 25.2 Å². The minimum Gasteiger partial charge on any atom is -0.464 e. The topological polar surface area (TPSA) is 43.4 Å². The van der Waals surface area contributed by atoms with Gasteiger partial charge in [0.05, 0.1) is 6.61 Å². The number of carbonyl (C=O) groups excluding carboxylic acids is 2. The minimum absolute atomic E-state index is 0.0299. The van der Waals surface area contributed by atoms with Gasteiger partial charge in [-0.15, -0.1) is 0 Å². The summed E-state index contributed by atoms with van der Waals surface area (Å²) in [6, 6.07) is 19.6. The third-order valence-corrected chi connectivity index (χ3v) is 4.51. The average Bonchev–Trinajstić information content (AvgIpc) is 2.98. The average molecular weight is 308 g/mol. The molecule has 0 saturated carbocycles. The number of rotatable bonds is 5. The molecule has 3 nitrogen and oxygen atoms in total. The molecule has 1 aliphatic rings. The first-order chi connectivity index (χ1) is 11.2. The van der Waals surface area contributed by atoms with Crippen molar-refractivity contribution in [1.29, 1.82) is 0 Å². The van der Waals surface area contributed by atoms with Crippen LogP contribution in [0.5, 0.6) is 0 Å². The summed E-state index contributed by atoms with van der Waals surface area (Å²) in [5.74, 6) is -1.17. The second kappa shape index (κ2) is 6.78. The van der Waals surface area contributed by atoms with Gasteiger partial charge in [0.2, 0.25) is 0 Å². The van der Waals surface area contributed by atoms with Crippen molar-refractivity contribution in [3.8, 4) is 0 Å². The standard InChI is InChI=1S/C20H20O3/c1-14(15-8-4-2-5-9-15)12-18(21)19-17(13-23-20(19)22)16-10-6-3-7-11-16/h2-11,14,17,19H,12-13H2,1H3/t14-,17-,19-/m0/s1. The van der Waals surface area contributed by atoms with E-state index in [9.17, 15) is 9.59 Å². The molecule has 1 heterocycles. The Kier molecular flexibility index (Phi) is 4.56. The van der Waals surface area contributed by atoms with E-state index in [0.29, 0.717) is 13.0 Å². The van der Waals surface area contributed by atoms with Crippen molar-refractivity contribution in [3.63, 3.8) is 0 Å². The highest BCUT2D eigenvalue weighted by Gasteiger charge is 2.42. The predicted octanol–water partition coefficient (Wildman–Crippen LogP) is 3.71. The molecule has 2 aromatic rings. The highest BCUT2D eigenvalue weighted by atomic mass is 16.5. The van der Waals surface area contributed by atoms with Gasteiger partial charge in [0, 0.05) is 12.3 Å². The number of benzene rings is 2. The smallest absolute Gasteiger partial charge is 0.317 e. The van der Waals surface area contributed by atoms with Crippen LogP contribution >= 0.6 is 0 Å². The van der Waals surface area contributed by atoms with Crippen molar-refractivity contribution >= 4 is 11.8 Å². The predicted molar refractivity (Wildman–Crippen MR) is 88.1 cm³/mol. The Hall–Kier alpha value is -2.42. The summed E-state index contributed by atoms with van der Waals surface area (Å²) < 4.78 is 5.18. The monoisotopic (exact) mass is 308 g/mol. The van der Waals surface area contributed by atoms with E-state index >= 15 is 0 Å². The summed E-state index contributed by atoms with van der Waals surface area (Å²) in [5, 5.41) is 0. The van der Waals surface area contributed by atoms with Gasteiger partial charge in [0.15, 0.2) is 0 Å². The third kappa shape index (κ3) is 3.34. The number of carbonyl (C=O) groups is 2. The zero-order chi connectivity index (χ0) is 16.2. The second-order valence-electron chi connectivity index (χ2n) is 6.11. The number of cyclic esters (lactones) is 1. The van der Waals surface area contributed by atoms with Crippen LogP contribution in [0.3, 0.4) is 0 Å². The Morgan fingerprint density at radius 1 is 1.09 bits per heavy atom. The van der Waals surface area contributed by atoms with E-state index in [1.807, 2.05) is 67.6 Å². The van der Waals surface area contributed by atoms with E-state index in [-0.39, 0.29) is 23.6 Å². The van der Waals surface area contributed by atoms with Crippen LogP contribution in [-0.2, 0) is 14.3 Å². The van der Waals surface area contributed by atoms with Gasteiger partial charge in [-0.25, -0.2) is 0 Å². The summed E-state index contributed by atoms with van der Waals surface area (Å²) >= 11 is 0. The lowest BCUT2D eigenvalue weighted by molar-refractivity contribution is -0.144. The van der Waals surface area contributed by atoms with Crippen LogP contribution in [0.1, 0.15) is 36.3 Å². The molecule has 0 amide bonds. The van der Waals surface area contributed by atoms with E-state index in [1.165, 1.54) is 0 Å². The van der Waals surface area contributed by atoms with Crippen LogP contribution in [0, 0.1) is 5.92 Å². The largest absolute Gasteiger partial charge is 0.464 e. The molecule has 0 aliphatic carbocycles. The van der Waals surface area contributed by atoms with Gasteiger partial charge in [-0.1, -0.05) is 67.6 Å². The maximum Gasteiger partial charge on any atom is 0.317 e. The number of ketones is 1. The van der Waals surface area contributed by atoms with E-state index in [0.717, 1.165) is 11.1 Å². The van der Waals surface area contributed by atoms with Gasteiger partial charge in [0.1, 0.15) is 11.7 Å².